The zero-order valence-corrected chi connectivity index (χ0v) is 13.8. The van der Waals surface area contributed by atoms with E-state index in [1.807, 2.05) is 0 Å². The number of morpholine rings is 1. The smallest absolute Gasteiger partial charge is 0.146 e. The number of nitrogens with zero attached hydrogens (tertiary/aromatic N) is 3. The number of hydrogen-bond donors (Lipinski definition) is 1. The summed E-state index contributed by atoms with van der Waals surface area (Å²) in [6.45, 7) is 10.9. The van der Waals surface area contributed by atoms with Gasteiger partial charge in [0.1, 0.15) is 16.5 Å². The average molecular weight is 306 g/mol. The average Bonchev–Trinajstić information content (AvgIpc) is 2.63. The lowest BCUT2D eigenvalue weighted by Crippen LogP contribution is -2.45. The highest BCUT2D eigenvalue weighted by molar-refractivity contribution is 7.18. The Labute approximate surface area is 129 Å². The number of hydrogen-bond acceptors (Lipinski definition) is 6. The Kier molecular flexibility index (Phi) is 3.86. The molecule has 21 heavy (non-hydrogen) atoms. The van der Waals surface area contributed by atoms with Crippen LogP contribution in [-0.4, -0.2) is 40.2 Å². The van der Waals surface area contributed by atoms with Crippen LogP contribution < -0.4 is 5.73 Å². The number of rotatable bonds is 2. The number of aromatic nitrogens is 2. The number of fused-ring (bicyclic) bond motifs is 1. The van der Waals surface area contributed by atoms with Crippen LogP contribution in [0.15, 0.2) is 0 Å². The number of nitrogens with two attached hydrogens (primary N) is 1. The summed E-state index contributed by atoms with van der Waals surface area (Å²) < 4.78 is 5.76. The molecule has 6 heteroatoms. The van der Waals surface area contributed by atoms with Crippen LogP contribution in [0.1, 0.15) is 30.1 Å². The highest BCUT2D eigenvalue weighted by Gasteiger charge is 2.23. The van der Waals surface area contributed by atoms with Crippen LogP contribution in [0.2, 0.25) is 0 Å². The Hall–Kier alpha value is -1.24. The summed E-state index contributed by atoms with van der Waals surface area (Å²) >= 11 is 1.70. The third kappa shape index (κ3) is 2.88. The molecule has 2 aromatic heterocycles. The molecule has 3 rings (SSSR count). The van der Waals surface area contributed by atoms with E-state index in [-0.39, 0.29) is 12.2 Å². The van der Waals surface area contributed by atoms with Crippen molar-refractivity contribution >= 4 is 27.4 Å². The van der Waals surface area contributed by atoms with E-state index in [1.54, 1.807) is 11.3 Å². The molecule has 0 amide bonds. The summed E-state index contributed by atoms with van der Waals surface area (Å²) in [5.41, 5.74) is 7.34. The van der Waals surface area contributed by atoms with Gasteiger partial charge in [0, 0.05) is 18.0 Å². The molecule has 2 aromatic rings. The van der Waals surface area contributed by atoms with Crippen molar-refractivity contribution in [3.05, 3.63) is 16.3 Å². The van der Waals surface area contributed by atoms with Gasteiger partial charge in [-0.05, 0) is 33.3 Å². The fourth-order valence-electron chi connectivity index (χ4n) is 3.01. The van der Waals surface area contributed by atoms with Crippen LogP contribution >= 0.6 is 11.3 Å². The van der Waals surface area contributed by atoms with E-state index in [2.05, 4.69) is 37.6 Å². The lowest BCUT2D eigenvalue weighted by molar-refractivity contribution is -0.0710. The highest BCUT2D eigenvalue weighted by Crippen LogP contribution is 2.32. The SMILES string of the molecule is Cc1sc2nc(CN3C[C@@H](C)O[C@@H](C)C3)nc(N)c2c1C. The maximum atomic E-state index is 6.14. The molecule has 1 fully saturated rings. The van der Waals surface area contributed by atoms with Crippen LogP contribution in [0, 0.1) is 13.8 Å². The van der Waals surface area contributed by atoms with Crippen LogP contribution in [0.5, 0.6) is 0 Å². The zero-order chi connectivity index (χ0) is 15.1. The maximum Gasteiger partial charge on any atom is 0.146 e. The van der Waals surface area contributed by atoms with E-state index in [0.717, 1.165) is 35.7 Å². The van der Waals surface area contributed by atoms with Crippen LogP contribution in [-0.2, 0) is 11.3 Å². The van der Waals surface area contributed by atoms with Gasteiger partial charge in [0.05, 0.1) is 24.1 Å². The summed E-state index contributed by atoms with van der Waals surface area (Å²) in [6.07, 6.45) is 0.502. The second-order valence-corrected chi connectivity index (χ2v) is 7.14. The van der Waals surface area contributed by atoms with E-state index in [1.165, 1.54) is 10.4 Å². The summed E-state index contributed by atoms with van der Waals surface area (Å²) in [7, 11) is 0. The molecule has 0 radical (unpaired) electrons. The molecule has 1 aliphatic heterocycles. The quantitative estimate of drug-likeness (QED) is 0.923. The summed E-state index contributed by atoms with van der Waals surface area (Å²) in [5, 5.41) is 1.02. The molecule has 0 spiro atoms. The first kappa shape index (κ1) is 14.7. The van der Waals surface area contributed by atoms with E-state index in [9.17, 15) is 0 Å². The zero-order valence-electron chi connectivity index (χ0n) is 13.0. The van der Waals surface area contributed by atoms with Crippen LogP contribution in [0.3, 0.4) is 0 Å². The summed E-state index contributed by atoms with van der Waals surface area (Å²) in [6, 6.07) is 0. The minimum Gasteiger partial charge on any atom is -0.383 e. The van der Waals surface area contributed by atoms with Crippen LogP contribution in [0.25, 0.3) is 10.2 Å². The van der Waals surface area contributed by atoms with Crippen molar-refractivity contribution in [1.82, 2.24) is 14.9 Å². The van der Waals surface area contributed by atoms with E-state index in [0.29, 0.717) is 5.82 Å². The molecule has 3 heterocycles. The molecule has 1 aliphatic rings. The first-order valence-corrected chi connectivity index (χ1v) is 8.15. The minimum absolute atomic E-state index is 0.251. The molecule has 0 saturated carbocycles. The molecular formula is C15H22N4OS. The first-order valence-electron chi connectivity index (χ1n) is 7.34. The molecule has 0 aliphatic carbocycles. The normalized spacial score (nSPS) is 23.8. The topological polar surface area (TPSA) is 64.3 Å². The second kappa shape index (κ2) is 5.51. The van der Waals surface area contributed by atoms with E-state index >= 15 is 0 Å². The van der Waals surface area contributed by atoms with Gasteiger partial charge < -0.3 is 10.5 Å². The highest BCUT2D eigenvalue weighted by atomic mass is 32.1. The molecule has 2 atom stereocenters. The van der Waals surface area contributed by atoms with E-state index in [4.69, 9.17) is 15.5 Å². The predicted molar refractivity (Wildman–Crippen MR) is 86.6 cm³/mol. The molecular weight excluding hydrogens is 284 g/mol. The summed E-state index contributed by atoms with van der Waals surface area (Å²) in [4.78, 5) is 13.8. The molecule has 1 saturated heterocycles. The number of nitrogen functional groups attached to an aromatic ring is 1. The fraction of sp³-hybridized carbons (Fsp3) is 0.600. The third-order valence-corrected chi connectivity index (χ3v) is 5.06. The van der Waals surface area contributed by atoms with Gasteiger partial charge in [0.15, 0.2) is 0 Å². The van der Waals surface area contributed by atoms with Gasteiger partial charge in [0.2, 0.25) is 0 Å². The number of aryl methyl sites for hydroxylation is 2. The Morgan fingerprint density at radius 3 is 2.57 bits per heavy atom. The predicted octanol–water partition coefficient (Wildman–Crippen LogP) is 2.50. The monoisotopic (exact) mass is 306 g/mol. The second-order valence-electron chi connectivity index (χ2n) is 5.94. The van der Waals surface area contributed by atoms with Gasteiger partial charge in [-0.3, -0.25) is 4.90 Å². The summed E-state index contributed by atoms with van der Waals surface area (Å²) in [5.74, 6) is 1.41. The molecule has 114 valence electrons. The first-order chi connectivity index (χ1) is 9.94. The number of ether oxygens (including phenoxy) is 1. The van der Waals surface area contributed by atoms with Gasteiger partial charge >= 0.3 is 0 Å². The van der Waals surface area contributed by atoms with Crippen molar-refractivity contribution in [3.63, 3.8) is 0 Å². The van der Waals surface area contributed by atoms with Gasteiger partial charge in [-0.25, -0.2) is 9.97 Å². The van der Waals surface area contributed by atoms with Gasteiger partial charge in [-0.2, -0.15) is 0 Å². The lowest BCUT2D eigenvalue weighted by Gasteiger charge is -2.34. The standard InChI is InChI=1S/C15H22N4OS/c1-8-5-19(6-9(2)20-8)7-12-17-14(16)13-10(3)11(4)21-15(13)18-12/h8-9H,5-7H2,1-4H3,(H2,16,17,18)/t8-,9+. The Bertz CT molecular complexity index is 659. The molecule has 0 bridgehead atoms. The van der Waals surface area contributed by atoms with Gasteiger partial charge in [-0.1, -0.05) is 0 Å². The van der Waals surface area contributed by atoms with Gasteiger partial charge in [0.25, 0.3) is 0 Å². The number of thiophene rings is 1. The third-order valence-electron chi connectivity index (χ3n) is 3.96. The van der Waals surface area contributed by atoms with Crippen molar-refractivity contribution in [2.24, 2.45) is 0 Å². The van der Waals surface area contributed by atoms with Crippen molar-refractivity contribution in [2.45, 2.75) is 46.4 Å². The Morgan fingerprint density at radius 2 is 1.90 bits per heavy atom. The molecule has 2 N–H and O–H groups in total. The molecule has 5 nitrogen and oxygen atoms in total. The Balaban J connectivity index is 1.87. The van der Waals surface area contributed by atoms with Crippen LogP contribution in [0.4, 0.5) is 5.82 Å². The largest absolute Gasteiger partial charge is 0.383 e. The van der Waals surface area contributed by atoms with Gasteiger partial charge in [-0.15, -0.1) is 11.3 Å². The Morgan fingerprint density at radius 1 is 1.24 bits per heavy atom. The van der Waals surface area contributed by atoms with Crippen molar-refractivity contribution in [1.29, 1.82) is 0 Å². The lowest BCUT2D eigenvalue weighted by atomic mass is 10.2. The van der Waals surface area contributed by atoms with Crippen molar-refractivity contribution in [3.8, 4) is 0 Å². The van der Waals surface area contributed by atoms with Crippen molar-refractivity contribution in [2.75, 3.05) is 18.8 Å². The van der Waals surface area contributed by atoms with E-state index < -0.39 is 0 Å². The molecule has 0 unspecified atom stereocenters. The fourth-order valence-corrected chi connectivity index (χ4v) is 4.07. The molecule has 0 aromatic carbocycles. The minimum atomic E-state index is 0.251. The van der Waals surface area contributed by atoms with Crippen molar-refractivity contribution < 1.29 is 4.74 Å². The number of anilines is 1. The maximum absolute atomic E-state index is 6.14.